The van der Waals surface area contributed by atoms with Crippen molar-refractivity contribution in [1.82, 2.24) is 18.7 Å². The first-order chi connectivity index (χ1) is 24.6. The molecule has 9 aromatic rings. The summed E-state index contributed by atoms with van der Waals surface area (Å²) in [4.78, 5) is 5.57. The lowest BCUT2D eigenvalue weighted by molar-refractivity contribution is -0.606. The molecule has 5 heteroatoms. The van der Waals surface area contributed by atoms with Gasteiger partial charge in [-0.3, -0.25) is 18.3 Å². The molecule has 0 aliphatic heterocycles. The highest BCUT2D eigenvalue weighted by atomic mass is 15.2. The number of aryl methyl sites for hydroxylation is 2. The van der Waals surface area contributed by atoms with Crippen molar-refractivity contribution >= 4 is 43.9 Å². The van der Waals surface area contributed by atoms with Crippen LogP contribution in [-0.2, 0) is 5.41 Å². The fraction of sp³-hybridized carbons (Fsp3) is 0.174. The van der Waals surface area contributed by atoms with E-state index < -0.39 is 0 Å². The number of nitrogens with zero attached hydrogens (tertiary/aromatic N) is 5. The van der Waals surface area contributed by atoms with Crippen molar-refractivity contribution in [2.75, 3.05) is 0 Å². The van der Waals surface area contributed by atoms with Gasteiger partial charge >= 0.3 is 0 Å². The van der Waals surface area contributed by atoms with Crippen LogP contribution in [0, 0.1) is 34.0 Å². The van der Waals surface area contributed by atoms with Crippen LogP contribution < -0.4 is 4.57 Å². The van der Waals surface area contributed by atoms with Crippen LogP contribution in [0.1, 0.15) is 48.8 Å². The molecule has 4 aromatic heterocycles. The molecule has 0 unspecified atom stereocenters. The second kappa shape index (κ2) is 11.3. The number of fused-ring (bicyclic) bond motifs is 6. The zero-order valence-electron chi connectivity index (χ0n) is 30.3. The largest absolute Gasteiger partial charge is 0.296 e. The number of para-hydroxylation sites is 1. The Balaban J connectivity index is 1.27. The number of imidazole rings is 1. The maximum Gasteiger partial charge on any atom is 0.269 e. The summed E-state index contributed by atoms with van der Waals surface area (Å²) in [7, 11) is 0. The Labute approximate surface area is 298 Å². The van der Waals surface area contributed by atoms with Gasteiger partial charge in [0.25, 0.3) is 6.33 Å². The fourth-order valence-corrected chi connectivity index (χ4v) is 7.64. The molecule has 0 fully saturated rings. The summed E-state index contributed by atoms with van der Waals surface area (Å²) >= 11 is 0. The van der Waals surface area contributed by atoms with E-state index in [1.165, 1.54) is 27.5 Å². The molecule has 250 valence electrons. The van der Waals surface area contributed by atoms with E-state index >= 15 is 0 Å². The Hall–Kier alpha value is -5.94. The minimum Gasteiger partial charge on any atom is -0.296 e. The van der Waals surface area contributed by atoms with Crippen LogP contribution in [-0.4, -0.2) is 18.7 Å². The summed E-state index contributed by atoms with van der Waals surface area (Å²) in [6.07, 6.45) is 3.67. The molecular formula is C46H41N5. The van der Waals surface area contributed by atoms with Crippen LogP contribution in [0.5, 0.6) is 0 Å². The van der Waals surface area contributed by atoms with Gasteiger partial charge in [0.05, 0.1) is 33.8 Å². The molecule has 4 heterocycles. The molecule has 0 aliphatic carbocycles. The smallest absolute Gasteiger partial charge is 0.269 e. The molecule has 0 atom stereocenters. The molecule has 9 rings (SSSR count). The third-order valence-corrected chi connectivity index (χ3v) is 10.5. The van der Waals surface area contributed by atoms with Crippen LogP contribution in [0.4, 0.5) is 0 Å². The van der Waals surface area contributed by atoms with Crippen molar-refractivity contribution in [3.05, 3.63) is 156 Å². The number of pyridine rings is 1. The highest BCUT2D eigenvalue weighted by Crippen LogP contribution is 2.38. The fourth-order valence-electron chi connectivity index (χ4n) is 7.64. The molecule has 0 amide bonds. The molecule has 51 heavy (non-hydrogen) atoms. The molecule has 0 radical (unpaired) electrons. The third kappa shape index (κ3) is 4.90. The second-order valence-corrected chi connectivity index (χ2v) is 15.0. The Morgan fingerprint density at radius 3 is 1.73 bits per heavy atom. The van der Waals surface area contributed by atoms with Crippen LogP contribution in [0.3, 0.4) is 0 Å². The average molecular weight is 664 g/mol. The molecular weight excluding hydrogens is 623 g/mol. The summed E-state index contributed by atoms with van der Waals surface area (Å²) in [5.74, 6) is 0. The Bertz CT molecular complexity index is 2800. The van der Waals surface area contributed by atoms with Crippen LogP contribution >= 0.6 is 0 Å². The minimum atomic E-state index is 0.105. The lowest BCUT2D eigenvalue weighted by Crippen LogP contribution is -2.32. The first kappa shape index (κ1) is 31.1. The van der Waals surface area contributed by atoms with Crippen LogP contribution in [0.15, 0.2) is 121 Å². The summed E-state index contributed by atoms with van der Waals surface area (Å²) in [6, 6.07) is 44.0. The van der Waals surface area contributed by atoms with Gasteiger partial charge in [0.15, 0.2) is 0 Å². The molecule has 0 saturated carbocycles. The van der Waals surface area contributed by atoms with E-state index in [1.54, 1.807) is 0 Å². The summed E-state index contributed by atoms with van der Waals surface area (Å²) < 4.78 is 8.98. The van der Waals surface area contributed by atoms with E-state index in [9.17, 15) is 0 Å². The summed E-state index contributed by atoms with van der Waals surface area (Å²) in [5, 5.41) is 4.73. The van der Waals surface area contributed by atoms with E-state index in [2.05, 4.69) is 194 Å². The van der Waals surface area contributed by atoms with Crippen molar-refractivity contribution in [1.29, 1.82) is 0 Å². The van der Waals surface area contributed by atoms with Gasteiger partial charge in [-0.05, 0) is 111 Å². The van der Waals surface area contributed by atoms with Crippen molar-refractivity contribution < 1.29 is 4.57 Å². The van der Waals surface area contributed by atoms with Crippen molar-refractivity contribution in [3.63, 3.8) is 0 Å². The van der Waals surface area contributed by atoms with Crippen LogP contribution in [0.2, 0.25) is 0 Å². The zero-order valence-corrected chi connectivity index (χ0v) is 30.3. The molecule has 0 spiro atoms. The first-order valence-corrected chi connectivity index (χ1v) is 17.7. The van der Waals surface area contributed by atoms with E-state index in [-0.39, 0.29) is 5.41 Å². The number of hydrogen-bond acceptors (Lipinski definition) is 1. The lowest BCUT2D eigenvalue weighted by Gasteiger charge is -2.19. The highest BCUT2D eigenvalue weighted by molar-refractivity contribution is 6.16. The number of aromatic nitrogens is 5. The summed E-state index contributed by atoms with van der Waals surface area (Å²) in [5.41, 5.74) is 14.7. The van der Waals surface area contributed by atoms with Gasteiger partial charge in [0, 0.05) is 32.9 Å². The van der Waals surface area contributed by atoms with E-state index in [0.717, 1.165) is 67.2 Å². The first-order valence-electron chi connectivity index (χ1n) is 17.7. The maximum absolute atomic E-state index is 5.57. The van der Waals surface area contributed by atoms with Crippen molar-refractivity contribution in [3.8, 4) is 22.7 Å². The Morgan fingerprint density at radius 2 is 1.12 bits per heavy atom. The van der Waals surface area contributed by atoms with Gasteiger partial charge in [0.1, 0.15) is 11.3 Å². The molecule has 0 N–H and O–H groups in total. The second-order valence-electron chi connectivity index (χ2n) is 15.0. The Kier molecular flexibility index (Phi) is 6.88. The minimum absolute atomic E-state index is 0.105. The van der Waals surface area contributed by atoms with E-state index in [1.807, 2.05) is 0 Å². The van der Waals surface area contributed by atoms with Crippen molar-refractivity contribution in [2.24, 2.45) is 0 Å². The SMILES string of the molecule is Cc1ccc2c(c1)c1cc3c4cc(C)ccc4n(-c4cccc(-n5[c-][n+](-c6ccc(C(C)(C)C)cc6)c(C)c5C)c4)c3nc1n2-c1ccccc1. The average Bonchev–Trinajstić information content (AvgIpc) is 3.73. The van der Waals surface area contributed by atoms with Crippen molar-refractivity contribution in [2.45, 2.75) is 53.9 Å². The predicted octanol–water partition coefficient (Wildman–Crippen LogP) is 10.7. The Morgan fingerprint density at radius 1 is 0.549 bits per heavy atom. The maximum atomic E-state index is 5.57. The molecule has 0 saturated heterocycles. The van der Waals surface area contributed by atoms with Gasteiger partial charge in [-0.1, -0.05) is 80.4 Å². The van der Waals surface area contributed by atoms with E-state index in [0.29, 0.717) is 0 Å². The lowest BCUT2D eigenvalue weighted by atomic mass is 9.87. The number of benzene rings is 5. The molecule has 5 aromatic carbocycles. The van der Waals surface area contributed by atoms with E-state index in [4.69, 9.17) is 4.98 Å². The quantitative estimate of drug-likeness (QED) is 0.136. The normalized spacial score (nSPS) is 12.2. The highest BCUT2D eigenvalue weighted by Gasteiger charge is 2.21. The number of hydrogen-bond donors (Lipinski definition) is 0. The summed E-state index contributed by atoms with van der Waals surface area (Å²) in [6.45, 7) is 15.4. The third-order valence-electron chi connectivity index (χ3n) is 10.5. The van der Waals surface area contributed by atoms with Gasteiger partial charge in [-0.25, -0.2) is 4.98 Å². The molecule has 0 bridgehead atoms. The number of rotatable bonds is 4. The topological polar surface area (TPSA) is 31.6 Å². The monoisotopic (exact) mass is 663 g/mol. The zero-order chi connectivity index (χ0) is 35.2. The molecule has 0 aliphatic rings. The van der Waals surface area contributed by atoms with Gasteiger partial charge in [-0.15, -0.1) is 0 Å². The molecule has 5 nitrogen and oxygen atoms in total. The predicted molar refractivity (Wildman–Crippen MR) is 210 cm³/mol. The van der Waals surface area contributed by atoms with Gasteiger partial charge in [0.2, 0.25) is 0 Å². The van der Waals surface area contributed by atoms with Crippen LogP contribution in [0.25, 0.3) is 66.6 Å². The van der Waals surface area contributed by atoms with Gasteiger partial charge < -0.3 is 0 Å². The van der Waals surface area contributed by atoms with Gasteiger partial charge in [-0.2, -0.15) is 0 Å². The standard InChI is InChI=1S/C46H41N5/c1-29-16-22-42-38(24-29)40-27-41-39-25-30(2)17-23-43(39)51(45(41)47-44(40)50(42)35-12-9-8-10-13-35)37-15-11-14-36(26-37)49-28-48(31(3)32(49)4)34-20-18-33(19-21-34)46(5,6)7/h8-27H,1-7H3.